The van der Waals surface area contributed by atoms with Gasteiger partial charge in [-0.2, -0.15) is 0 Å². The number of quaternary nitrogens is 1. The average Bonchev–Trinajstić information content (AvgIpc) is 3.86. The molecule has 0 aromatic carbocycles. The van der Waals surface area contributed by atoms with Gasteiger partial charge in [0.15, 0.2) is 11.5 Å². The van der Waals surface area contributed by atoms with Crippen molar-refractivity contribution in [2.45, 2.75) is 207 Å². The summed E-state index contributed by atoms with van der Waals surface area (Å²) >= 11 is 0. The maximum Gasteiger partial charge on any atom is 0.305 e. The van der Waals surface area contributed by atoms with Crippen molar-refractivity contribution in [1.82, 2.24) is 19.5 Å². The van der Waals surface area contributed by atoms with Crippen molar-refractivity contribution in [2.24, 2.45) is 0 Å². The highest BCUT2D eigenvalue weighted by atomic mass is 31.2. The smallest absolute Gasteiger partial charge is 0.305 e. The molecule has 0 spiro atoms. The van der Waals surface area contributed by atoms with Crippen LogP contribution in [0.15, 0.2) is 12.7 Å². The van der Waals surface area contributed by atoms with E-state index in [2.05, 4.69) is 49.6 Å². The molecule has 0 radical (unpaired) electrons. The number of phosphoric acid groups is 1. The largest absolute Gasteiger partial charge is 0.756 e. The molecule has 15 nitrogen and oxygen atoms in total. The van der Waals surface area contributed by atoms with E-state index in [0.29, 0.717) is 17.6 Å². The molecule has 3 heterocycles. The van der Waals surface area contributed by atoms with Crippen molar-refractivity contribution >= 4 is 30.8 Å². The number of rotatable bonds is 35. The summed E-state index contributed by atoms with van der Waals surface area (Å²) in [5.74, 6) is -0.251. The van der Waals surface area contributed by atoms with E-state index in [9.17, 15) is 24.5 Å². The fourth-order valence-corrected chi connectivity index (χ4v) is 8.50. The number of hydrogen-bond donors (Lipinski definition) is 3. The van der Waals surface area contributed by atoms with Crippen LogP contribution in [0.25, 0.3) is 11.2 Å². The minimum Gasteiger partial charge on any atom is -0.756 e. The van der Waals surface area contributed by atoms with E-state index in [1.165, 1.54) is 152 Å². The highest BCUT2D eigenvalue weighted by Crippen LogP contribution is 2.40. The van der Waals surface area contributed by atoms with Gasteiger partial charge in [0.2, 0.25) is 0 Å². The Kier molecular flexibility index (Phi) is 29.2. The molecule has 354 valence electrons. The zero-order chi connectivity index (χ0) is 44.8. The first-order valence-electron chi connectivity index (χ1n) is 24.0. The van der Waals surface area contributed by atoms with Gasteiger partial charge in [-0.05, 0) is 32.1 Å². The van der Waals surface area contributed by atoms with Gasteiger partial charge in [0, 0.05) is 12.8 Å². The van der Waals surface area contributed by atoms with Gasteiger partial charge in [0.05, 0.1) is 51.8 Å². The summed E-state index contributed by atoms with van der Waals surface area (Å²) in [5, 5.41) is 20.4. The summed E-state index contributed by atoms with van der Waals surface area (Å²) in [4.78, 5) is 36.3. The Bertz CT molecular complexity index is 1430. The molecule has 0 aliphatic carbocycles. The Morgan fingerprint density at radius 3 is 1.84 bits per heavy atom. The number of fused-ring (bicyclic) bond motifs is 1. The fourth-order valence-electron chi connectivity index (χ4n) is 7.74. The summed E-state index contributed by atoms with van der Waals surface area (Å²) in [6, 6.07) is 0. The van der Waals surface area contributed by atoms with Gasteiger partial charge in [-0.25, -0.2) is 15.0 Å². The SMILES string of the molecule is CCCCCCCCCCCCCCCC(=O)OC[C@@H](O)COP(=O)([O-])OC[C@H]1O[C@@H](n2cnc3c(N)ncnc32)C[C@@H]1O.CCCC[N+](CCCC)(CCCC)CCCC. The summed E-state index contributed by atoms with van der Waals surface area (Å²) in [7, 11) is -4.84. The van der Waals surface area contributed by atoms with E-state index < -0.39 is 58.2 Å². The van der Waals surface area contributed by atoms with Gasteiger partial charge in [0.1, 0.15) is 36.9 Å². The Balaban J connectivity index is 0.000000634. The van der Waals surface area contributed by atoms with Crippen LogP contribution in [0.5, 0.6) is 0 Å². The zero-order valence-electron chi connectivity index (χ0n) is 38.7. The number of carbonyl (C=O) groups excluding carboxylic acids is 1. The molecule has 61 heavy (non-hydrogen) atoms. The number of nitrogens with zero attached hydrogens (tertiary/aromatic N) is 5. The molecular weight excluding hydrogens is 800 g/mol. The normalized spacial score (nSPS) is 18.2. The predicted octanol–water partition coefficient (Wildman–Crippen LogP) is 8.95. The average molecular weight is 885 g/mol. The Morgan fingerprint density at radius 2 is 1.31 bits per heavy atom. The van der Waals surface area contributed by atoms with Crippen LogP contribution >= 0.6 is 7.82 Å². The number of nitrogen functional groups attached to an aromatic ring is 1. The number of aliphatic hydroxyl groups is 2. The standard InChI is InChI=1S/C29H50N5O9P.C16H36N/c1-2-3-4-5-6-7-8-9-10-11-12-13-14-15-26(37)40-17-22(35)18-41-44(38,39)42-19-24-23(36)16-25(43-24)34-21-33-27-28(30)31-20-32-29(27)34;1-5-9-13-17(14-10-6-2,15-11-7-3)16-12-8-4/h20-25,35-36H,2-19H2,1H3,(H,38,39)(H2,30,31,32);5-16H2,1-4H3/q;+1/p-1/t22-,23+,24-,25-;/m1./s1. The molecule has 0 amide bonds. The first-order chi connectivity index (χ1) is 29.4. The topological polar surface area (TPSA) is 204 Å². The zero-order valence-corrected chi connectivity index (χ0v) is 39.6. The molecule has 5 atom stereocenters. The van der Waals surface area contributed by atoms with Crippen molar-refractivity contribution in [3.8, 4) is 0 Å². The van der Waals surface area contributed by atoms with Gasteiger partial charge in [-0.15, -0.1) is 0 Å². The molecule has 1 fully saturated rings. The number of carbonyl (C=O) groups is 1. The second-order valence-electron chi connectivity index (χ2n) is 17.0. The second-order valence-corrected chi connectivity index (χ2v) is 18.4. The number of phosphoric ester groups is 1. The third-order valence-electron chi connectivity index (χ3n) is 11.6. The number of ether oxygens (including phenoxy) is 2. The maximum absolute atomic E-state index is 12.2. The lowest BCUT2D eigenvalue weighted by Gasteiger charge is -2.39. The lowest BCUT2D eigenvalue weighted by atomic mass is 10.0. The first kappa shape index (κ1) is 54.9. The molecule has 1 aliphatic heterocycles. The summed E-state index contributed by atoms with van der Waals surface area (Å²) < 4.78 is 35.6. The lowest BCUT2D eigenvalue weighted by molar-refractivity contribution is -0.929. The monoisotopic (exact) mass is 885 g/mol. The van der Waals surface area contributed by atoms with E-state index in [4.69, 9.17) is 24.3 Å². The second kappa shape index (κ2) is 32.4. The first-order valence-corrected chi connectivity index (χ1v) is 25.5. The van der Waals surface area contributed by atoms with Crippen LogP contribution in [0.1, 0.15) is 189 Å². The van der Waals surface area contributed by atoms with Gasteiger partial charge in [-0.3, -0.25) is 13.9 Å². The van der Waals surface area contributed by atoms with Crippen LogP contribution in [0, 0.1) is 0 Å². The molecule has 2 aromatic heterocycles. The molecule has 1 unspecified atom stereocenters. The number of esters is 1. The van der Waals surface area contributed by atoms with Crippen molar-refractivity contribution < 1.29 is 47.5 Å². The van der Waals surface area contributed by atoms with Crippen LogP contribution in [0.2, 0.25) is 0 Å². The Labute approximate surface area is 368 Å². The molecular formula is C45H85N6O9P. The van der Waals surface area contributed by atoms with Gasteiger partial charge < -0.3 is 43.8 Å². The van der Waals surface area contributed by atoms with Crippen molar-refractivity contribution in [2.75, 3.05) is 51.7 Å². The van der Waals surface area contributed by atoms with Crippen LogP contribution in [-0.4, -0.2) is 104 Å². The number of nitrogens with two attached hydrogens (primary N) is 1. The Morgan fingerprint density at radius 1 is 0.803 bits per heavy atom. The third kappa shape index (κ3) is 22.8. The highest BCUT2D eigenvalue weighted by Gasteiger charge is 2.37. The quantitative estimate of drug-likeness (QED) is 0.0256. The van der Waals surface area contributed by atoms with Crippen LogP contribution in [0.3, 0.4) is 0 Å². The summed E-state index contributed by atoms with van der Waals surface area (Å²) in [6.07, 6.45) is 25.8. The predicted molar refractivity (Wildman–Crippen MR) is 240 cm³/mol. The Hall–Kier alpha value is -2.23. The summed E-state index contributed by atoms with van der Waals surface area (Å²) in [5.41, 5.74) is 6.59. The number of hydrogen-bond acceptors (Lipinski definition) is 13. The molecule has 1 saturated heterocycles. The maximum atomic E-state index is 12.2. The molecule has 1 aliphatic rings. The third-order valence-corrected chi connectivity index (χ3v) is 12.5. The number of imidazole rings is 1. The van der Waals surface area contributed by atoms with Crippen LogP contribution < -0.4 is 10.6 Å². The lowest BCUT2D eigenvalue weighted by Crippen LogP contribution is -2.50. The van der Waals surface area contributed by atoms with E-state index in [-0.39, 0.29) is 18.7 Å². The van der Waals surface area contributed by atoms with E-state index >= 15 is 0 Å². The molecule has 16 heteroatoms. The molecule has 4 N–H and O–H groups in total. The fraction of sp³-hybridized carbons (Fsp3) is 0.867. The molecule has 0 saturated carbocycles. The van der Waals surface area contributed by atoms with E-state index in [0.717, 1.165) is 19.3 Å². The van der Waals surface area contributed by atoms with Crippen LogP contribution in [0.4, 0.5) is 5.82 Å². The molecule has 3 rings (SSSR count). The van der Waals surface area contributed by atoms with Crippen molar-refractivity contribution in [3.63, 3.8) is 0 Å². The summed E-state index contributed by atoms with van der Waals surface area (Å²) in [6.45, 7) is 15.7. The number of unbranched alkanes of at least 4 members (excludes halogenated alkanes) is 16. The minimum atomic E-state index is -4.84. The van der Waals surface area contributed by atoms with Crippen molar-refractivity contribution in [1.29, 1.82) is 0 Å². The number of aliphatic hydroxyl groups excluding tert-OH is 2. The number of aromatic nitrogens is 4. The van der Waals surface area contributed by atoms with Crippen LogP contribution in [-0.2, 0) is 27.9 Å². The molecule has 0 bridgehead atoms. The van der Waals surface area contributed by atoms with Gasteiger partial charge in [-0.1, -0.05) is 137 Å². The van der Waals surface area contributed by atoms with E-state index in [1.807, 2.05) is 0 Å². The number of anilines is 1. The van der Waals surface area contributed by atoms with Gasteiger partial charge >= 0.3 is 5.97 Å². The minimum absolute atomic E-state index is 0.136. The van der Waals surface area contributed by atoms with E-state index in [1.54, 1.807) is 4.57 Å². The van der Waals surface area contributed by atoms with Crippen molar-refractivity contribution in [3.05, 3.63) is 12.7 Å². The van der Waals surface area contributed by atoms with Gasteiger partial charge in [0.25, 0.3) is 7.82 Å². The molecule has 2 aromatic rings. The highest BCUT2D eigenvalue weighted by molar-refractivity contribution is 7.45.